The summed E-state index contributed by atoms with van der Waals surface area (Å²) in [6.07, 6.45) is -22.9. The predicted octanol–water partition coefficient (Wildman–Crippen LogP) is 4.79. The van der Waals surface area contributed by atoms with Crippen LogP contribution in [-0.2, 0) is 4.43 Å². The van der Waals surface area contributed by atoms with Crippen LogP contribution in [0.4, 0.5) is 65.9 Å². The first-order chi connectivity index (χ1) is 10.1. The molecule has 0 spiro atoms. The second-order valence-corrected chi connectivity index (χ2v) is 7.76. The van der Waals surface area contributed by atoms with Gasteiger partial charge in [0.15, 0.2) is 0 Å². The van der Waals surface area contributed by atoms with E-state index in [0.29, 0.717) is 0 Å². The van der Waals surface area contributed by atoms with E-state index in [1.54, 1.807) is 0 Å². The summed E-state index contributed by atoms with van der Waals surface area (Å²) in [7, 11) is -10.7. The summed E-state index contributed by atoms with van der Waals surface area (Å²) in [4.78, 5) is 0. The van der Waals surface area contributed by atoms with Crippen molar-refractivity contribution in [3.05, 3.63) is 0 Å². The first kappa shape index (κ1) is 23.1. The van der Waals surface area contributed by atoms with E-state index in [2.05, 4.69) is 4.43 Å². The Morgan fingerprint density at radius 3 is 0.708 bits per heavy atom. The van der Waals surface area contributed by atoms with Gasteiger partial charge in [-0.2, -0.15) is 65.9 Å². The molecule has 0 aromatic heterocycles. The Kier molecular flexibility index (Phi) is 5.36. The highest BCUT2D eigenvalue weighted by Gasteiger charge is 3.00. The standard InChI is InChI=1S/C7H3F15OSi/c1-23-24(5(17,18)2(8,9)10,6(19,20)3(11,12)13)7(21,22)4(14,15)16/h1H3. The molecule has 0 aliphatic carbocycles. The molecular weight excluding hydrogens is 413 g/mol. The molecule has 0 aliphatic heterocycles. The van der Waals surface area contributed by atoms with E-state index in [1.165, 1.54) is 0 Å². The average Bonchev–Trinajstić information content (AvgIpc) is 2.24. The number of halogens is 15. The van der Waals surface area contributed by atoms with E-state index < -0.39 is 50.6 Å². The molecule has 0 bridgehead atoms. The van der Waals surface area contributed by atoms with Gasteiger partial charge in [0.1, 0.15) is 0 Å². The van der Waals surface area contributed by atoms with Crippen LogP contribution in [0.2, 0.25) is 0 Å². The van der Waals surface area contributed by atoms with Crippen molar-refractivity contribution in [2.24, 2.45) is 0 Å². The van der Waals surface area contributed by atoms with Crippen LogP contribution in [0, 0.1) is 0 Å². The minimum Gasteiger partial charge on any atom is -0.405 e. The quantitative estimate of drug-likeness (QED) is 0.473. The molecule has 146 valence electrons. The van der Waals surface area contributed by atoms with E-state index in [4.69, 9.17) is 0 Å². The molecule has 0 N–H and O–H groups in total. The third kappa shape index (κ3) is 2.72. The normalized spacial score (nSPS) is 16.5. The Morgan fingerprint density at radius 2 is 0.625 bits per heavy atom. The Balaban J connectivity index is 7.22. The van der Waals surface area contributed by atoms with Gasteiger partial charge in [0.2, 0.25) is 0 Å². The van der Waals surface area contributed by atoms with Crippen molar-refractivity contribution in [1.29, 1.82) is 0 Å². The van der Waals surface area contributed by atoms with Crippen molar-refractivity contribution >= 4 is 8.32 Å². The zero-order valence-corrected chi connectivity index (χ0v) is 11.6. The number of hydrogen-bond donors (Lipinski definition) is 0. The molecule has 0 rings (SSSR count). The minimum absolute atomic E-state index is 0.939. The molecule has 0 fully saturated rings. The maximum absolute atomic E-state index is 13.2. The van der Waals surface area contributed by atoms with E-state index in [0.717, 1.165) is 0 Å². The summed E-state index contributed by atoms with van der Waals surface area (Å²) >= 11 is 0. The molecule has 0 unspecified atom stereocenters. The topological polar surface area (TPSA) is 9.23 Å². The van der Waals surface area contributed by atoms with Gasteiger partial charge in [-0.3, -0.25) is 0 Å². The van der Waals surface area contributed by atoms with Gasteiger partial charge < -0.3 is 4.43 Å². The molecule has 0 aromatic rings. The second-order valence-electron chi connectivity index (χ2n) is 4.10. The van der Waals surface area contributed by atoms with Crippen molar-refractivity contribution in [2.75, 3.05) is 7.11 Å². The number of rotatable bonds is 4. The van der Waals surface area contributed by atoms with E-state index in [-0.39, 0.29) is 0 Å². The summed E-state index contributed by atoms with van der Waals surface area (Å²) in [5, 5.41) is 0. The molecule has 0 amide bonds. The Labute approximate surface area is 122 Å². The van der Waals surface area contributed by atoms with Crippen molar-refractivity contribution in [2.45, 2.75) is 35.2 Å². The van der Waals surface area contributed by atoms with Crippen LogP contribution in [-0.4, -0.2) is 50.6 Å². The Bertz CT molecular complexity index is 391. The highest BCUT2D eigenvalue weighted by molar-refractivity contribution is 6.81. The third-order valence-electron chi connectivity index (χ3n) is 2.70. The predicted molar refractivity (Wildman–Crippen MR) is 45.8 cm³/mol. The number of alkyl halides is 15. The lowest BCUT2D eigenvalue weighted by Gasteiger charge is -2.45. The van der Waals surface area contributed by atoms with Gasteiger partial charge in [0.25, 0.3) is 0 Å². The molecule has 0 aliphatic rings. The van der Waals surface area contributed by atoms with Crippen LogP contribution >= 0.6 is 0 Å². The van der Waals surface area contributed by atoms with E-state index in [9.17, 15) is 65.9 Å². The largest absolute Gasteiger partial charge is 0.458 e. The van der Waals surface area contributed by atoms with E-state index >= 15 is 0 Å². The van der Waals surface area contributed by atoms with Gasteiger partial charge in [-0.25, -0.2) is 0 Å². The fraction of sp³-hybridized carbons (Fsp3) is 1.00. The van der Waals surface area contributed by atoms with Crippen LogP contribution in [0.25, 0.3) is 0 Å². The zero-order valence-electron chi connectivity index (χ0n) is 10.6. The maximum Gasteiger partial charge on any atom is 0.458 e. The summed E-state index contributed by atoms with van der Waals surface area (Å²) < 4.78 is 191. The monoisotopic (exact) mass is 416 g/mol. The fourth-order valence-corrected chi connectivity index (χ4v) is 4.72. The lowest BCUT2D eigenvalue weighted by molar-refractivity contribution is -0.315. The van der Waals surface area contributed by atoms with Gasteiger partial charge >= 0.3 is 43.5 Å². The Hall–Kier alpha value is -0.873. The van der Waals surface area contributed by atoms with Crippen LogP contribution in [0.3, 0.4) is 0 Å². The summed E-state index contributed by atoms with van der Waals surface area (Å²) in [5.74, 6) is 0. The molecule has 0 radical (unpaired) electrons. The van der Waals surface area contributed by atoms with Crippen LogP contribution in [0.1, 0.15) is 0 Å². The molecule has 0 atom stereocenters. The van der Waals surface area contributed by atoms with Gasteiger partial charge in [-0.05, 0) is 0 Å². The van der Waals surface area contributed by atoms with Gasteiger partial charge in [-0.15, -0.1) is 0 Å². The molecule has 24 heavy (non-hydrogen) atoms. The second kappa shape index (κ2) is 5.57. The third-order valence-corrected chi connectivity index (χ3v) is 6.82. The maximum atomic E-state index is 13.2. The highest BCUT2D eigenvalue weighted by Crippen LogP contribution is 2.61. The average molecular weight is 416 g/mol. The van der Waals surface area contributed by atoms with Crippen LogP contribution in [0.5, 0.6) is 0 Å². The van der Waals surface area contributed by atoms with Crippen LogP contribution in [0.15, 0.2) is 0 Å². The lowest BCUT2D eigenvalue weighted by atomic mass is 10.6. The molecule has 0 heterocycles. The van der Waals surface area contributed by atoms with Crippen molar-refractivity contribution in [3.8, 4) is 0 Å². The Morgan fingerprint density at radius 1 is 0.458 bits per heavy atom. The van der Waals surface area contributed by atoms with Gasteiger partial charge in [-0.1, -0.05) is 0 Å². The summed E-state index contributed by atoms with van der Waals surface area (Å²) in [6.45, 7) is 0. The molecule has 1 nitrogen and oxygen atoms in total. The highest BCUT2D eigenvalue weighted by atomic mass is 28.4. The SMILES string of the molecule is CO[Si](C(F)(F)C(F)(F)F)(C(F)(F)C(F)(F)F)C(F)(F)C(F)(F)F. The molecule has 17 heteroatoms. The van der Waals surface area contributed by atoms with Crippen LogP contribution < -0.4 is 0 Å². The first-order valence-corrected chi connectivity index (χ1v) is 6.86. The molecule has 0 saturated heterocycles. The smallest absolute Gasteiger partial charge is 0.405 e. The van der Waals surface area contributed by atoms with Crippen molar-refractivity contribution < 1.29 is 70.3 Å². The van der Waals surface area contributed by atoms with Crippen molar-refractivity contribution in [3.63, 3.8) is 0 Å². The van der Waals surface area contributed by atoms with Gasteiger partial charge in [0.05, 0.1) is 0 Å². The zero-order chi connectivity index (χ0) is 20.2. The minimum atomic E-state index is -9.73. The van der Waals surface area contributed by atoms with E-state index in [1.807, 2.05) is 0 Å². The van der Waals surface area contributed by atoms with Crippen molar-refractivity contribution in [1.82, 2.24) is 0 Å². The van der Waals surface area contributed by atoms with Gasteiger partial charge in [0, 0.05) is 7.11 Å². The summed E-state index contributed by atoms with van der Waals surface area (Å²) in [6, 6.07) is 0. The molecule has 0 saturated carbocycles. The molecular formula is C7H3F15OSi. The summed E-state index contributed by atoms with van der Waals surface area (Å²) in [5.41, 5.74) is -23.5. The first-order valence-electron chi connectivity index (χ1n) is 4.95. The lowest BCUT2D eigenvalue weighted by Crippen LogP contribution is -2.85. The molecule has 0 aromatic carbocycles. The fourth-order valence-electron chi connectivity index (χ4n) is 1.57. The number of hydrogen-bond acceptors (Lipinski definition) is 1.